The molecule has 0 spiro atoms. The van der Waals surface area contributed by atoms with Gasteiger partial charge in [-0.2, -0.15) is 0 Å². The molecule has 0 fully saturated rings. The number of hydrogen-bond donors (Lipinski definition) is 1. The number of rotatable bonds is 4. The zero-order valence-electron chi connectivity index (χ0n) is 11.2. The highest BCUT2D eigenvalue weighted by atomic mass is 32.2. The second kappa shape index (κ2) is 6.65. The van der Waals surface area contributed by atoms with Crippen molar-refractivity contribution >= 4 is 16.9 Å². The third-order valence-corrected chi connectivity index (χ3v) is 3.41. The first-order valence-corrected chi connectivity index (χ1v) is 7.20. The highest BCUT2D eigenvalue weighted by molar-refractivity contribution is 7.85. The topological polar surface area (TPSA) is 55.4 Å². The fourth-order valence-electron chi connectivity index (χ4n) is 1.26. The molecule has 0 aliphatic carbocycles. The van der Waals surface area contributed by atoms with E-state index in [1.54, 1.807) is 20.8 Å². The van der Waals surface area contributed by atoms with Gasteiger partial charge in [0.15, 0.2) is 0 Å². The molecule has 6 heteroatoms. The van der Waals surface area contributed by atoms with Crippen LogP contribution in [0.25, 0.3) is 0 Å². The Hall–Kier alpha value is -1.43. The SMILES string of the molecule is CC(C)(C)OC(=O)NCCS(=O)c1ccc(F)cc1. The molecule has 0 aromatic heterocycles. The van der Waals surface area contributed by atoms with Gasteiger partial charge in [-0.1, -0.05) is 0 Å². The Balaban J connectivity index is 2.35. The summed E-state index contributed by atoms with van der Waals surface area (Å²) in [5.74, 6) is -0.113. The molecule has 0 radical (unpaired) electrons. The first kappa shape index (κ1) is 15.6. The number of hydrogen-bond acceptors (Lipinski definition) is 3. The highest BCUT2D eigenvalue weighted by Crippen LogP contribution is 2.08. The molecular weight excluding hydrogens is 269 g/mol. The normalized spacial score (nSPS) is 12.8. The number of nitrogens with one attached hydrogen (secondary N) is 1. The van der Waals surface area contributed by atoms with Gasteiger partial charge in [0, 0.05) is 17.2 Å². The fraction of sp³-hybridized carbons (Fsp3) is 0.462. The Labute approximate surface area is 114 Å². The Kier molecular flexibility index (Phi) is 5.47. The van der Waals surface area contributed by atoms with E-state index in [-0.39, 0.29) is 18.1 Å². The second-order valence-corrected chi connectivity index (χ2v) is 6.50. The van der Waals surface area contributed by atoms with Gasteiger partial charge in [-0.15, -0.1) is 0 Å². The van der Waals surface area contributed by atoms with E-state index in [9.17, 15) is 13.4 Å². The molecule has 0 aliphatic heterocycles. The third kappa shape index (κ3) is 6.33. The van der Waals surface area contributed by atoms with Crippen LogP contribution in [0.3, 0.4) is 0 Å². The van der Waals surface area contributed by atoms with Crippen LogP contribution in [0.4, 0.5) is 9.18 Å². The van der Waals surface area contributed by atoms with E-state index >= 15 is 0 Å². The van der Waals surface area contributed by atoms with Crippen molar-refractivity contribution in [2.45, 2.75) is 31.3 Å². The van der Waals surface area contributed by atoms with Crippen molar-refractivity contribution in [2.75, 3.05) is 12.3 Å². The molecule has 0 heterocycles. The van der Waals surface area contributed by atoms with Crippen LogP contribution in [-0.2, 0) is 15.5 Å². The van der Waals surface area contributed by atoms with Gasteiger partial charge in [0.25, 0.3) is 0 Å². The molecule has 1 N–H and O–H groups in total. The summed E-state index contributed by atoms with van der Waals surface area (Å²) in [5, 5.41) is 2.52. The van der Waals surface area contributed by atoms with Crippen LogP contribution in [0.15, 0.2) is 29.2 Å². The lowest BCUT2D eigenvalue weighted by Crippen LogP contribution is -2.34. The largest absolute Gasteiger partial charge is 0.444 e. The van der Waals surface area contributed by atoms with Crippen LogP contribution >= 0.6 is 0 Å². The number of alkyl carbamates (subject to hydrolysis) is 1. The van der Waals surface area contributed by atoms with E-state index in [2.05, 4.69) is 5.32 Å². The second-order valence-electron chi connectivity index (χ2n) is 4.93. The maximum atomic E-state index is 12.7. The van der Waals surface area contributed by atoms with Crippen molar-refractivity contribution in [1.29, 1.82) is 0 Å². The number of ether oxygens (including phenoxy) is 1. The van der Waals surface area contributed by atoms with Gasteiger partial charge < -0.3 is 10.1 Å². The number of carbonyl (C=O) groups is 1. The molecule has 0 saturated heterocycles. The number of amides is 1. The molecule has 0 bridgehead atoms. The lowest BCUT2D eigenvalue weighted by molar-refractivity contribution is 0.0531. The minimum absolute atomic E-state index is 0.235. The van der Waals surface area contributed by atoms with Crippen molar-refractivity contribution in [2.24, 2.45) is 0 Å². The minimum atomic E-state index is -1.27. The molecule has 106 valence electrons. The summed E-state index contributed by atoms with van der Waals surface area (Å²) in [6, 6.07) is 5.46. The predicted molar refractivity (Wildman–Crippen MR) is 71.9 cm³/mol. The van der Waals surface area contributed by atoms with Gasteiger partial charge in [-0.25, -0.2) is 9.18 Å². The molecular formula is C13H18FNO3S. The fourth-order valence-corrected chi connectivity index (χ4v) is 2.23. The molecule has 1 atom stereocenters. The molecule has 1 amide bonds. The first-order chi connectivity index (χ1) is 8.78. The molecule has 1 aromatic carbocycles. The van der Waals surface area contributed by atoms with Crippen molar-refractivity contribution in [1.82, 2.24) is 5.32 Å². The molecule has 1 unspecified atom stereocenters. The van der Waals surface area contributed by atoms with Crippen molar-refractivity contribution < 1.29 is 18.1 Å². The number of benzene rings is 1. The highest BCUT2D eigenvalue weighted by Gasteiger charge is 2.15. The maximum absolute atomic E-state index is 12.7. The van der Waals surface area contributed by atoms with Gasteiger partial charge >= 0.3 is 6.09 Å². The van der Waals surface area contributed by atoms with E-state index in [1.165, 1.54) is 24.3 Å². The van der Waals surface area contributed by atoms with Crippen molar-refractivity contribution in [3.8, 4) is 0 Å². The monoisotopic (exact) mass is 287 g/mol. The Bertz CT molecular complexity index is 454. The van der Waals surface area contributed by atoms with Crippen LogP contribution in [0.5, 0.6) is 0 Å². The van der Waals surface area contributed by atoms with E-state index < -0.39 is 22.5 Å². The number of carbonyl (C=O) groups excluding carboxylic acids is 1. The van der Waals surface area contributed by atoms with Gasteiger partial charge in [0.05, 0.1) is 10.8 Å². The summed E-state index contributed by atoms with van der Waals surface area (Å²) in [6.07, 6.45) is -0.538. The Morgan fingerprint density at radius 2 is 1.89 bits per heavy atom. The van der Waals surface area contributed by atoms with Gasteiger partial charge in [-0.3, -0.25) is 4.21 Å². The molecule has 1 rings (SSSR count). The average Bonchev–Trinajstić information content (AvgIpc) is 2.27. The molecule has 0 aliphatic rings. The molecule has 1 aromatic rings. The van der Waals surface area contributed by atoms with Crippen molar-refractivity contribution in [3.05, 3.63) is 30.1 Å². The summed E-state index contributed by atoms with van der Waals surface area (Å²) < 4.78 is 29.6. The van der Waals surface area contributed by atoms with Crippen LogP contribution in [-0.4, -0.2) is 28.2 Å². The smallest absolute Gasteiger partial charge is 0.407 e. The minimum Gasteiger partial charge on any atom is -0.444 e. The summed E-state index contributed by atoms with van der Waals surface area (Å²) >= 11 is 0. The predicted octanol–water partition coefficient (Wildman–Crippen LogP) is 2.46. The van der Waals surface area contributed by atoms with E-state index in [0.29, 0.717) is 4.90 Å². The Morgan fingerprint density at radius 3 is 2.42 bits per heavy atom. The molecule has 4 nitrogen and oxygen atoms in total. The van der Waals surface area contributed by atoms with Gasteiger partial charge in [-0.05, 0) is 45.0 Å². The van der Waals surface area contributed by atoms with Crippen LogP contribution < -0.4 is 5.32 Å². The van der Waals surface area contributed by atoms with E-state index in [0.717, 1.165) is 0 Å². The number of halogens is 1. The van der Waals surface area contributed by atoms with Crippen LogP contribution in [0, 0.1) is 5.82 Å². The standard InChI is InChI=1S/C13H18FNO3S/c1-13(2,3)18-12(16)15-8-9-19(17)11-6-4-10(14)5-7-11/h4-7H,8-9H2,1-3H3,(H,15,16). The quantitative estimate of drug-likeness (QED) is 0.925. The molecule has 0 saturated carbocycles. The van der Waals surface area contributed by atoms with Crippen LogP contribution in [0.1, 0.15) is 20.8 Å². The van der Waals surface area contributed by atoms with Gasteiger partial charge in [0.2, 0.25) is 0 Å². The van der Waals surface area contributed by atoms with E-state index in [1.807, 2.05) is 0 Å². The molecule has 19 heavy (non-hydrogen) atoms. The average molecular weight is 287 g/mol. The zero-order chi connectivity index (χ0) is 14.5. The summed E-state index contributed by atoms with van der Waals surface area (Å²) in [5.41, 5.74) is -0.555. The maximum Gasteiger partial charge on any atom is 0.407 e. The lowest BCUT2D eigenvalue weighted by Gasteiger charge is -2.19. The summed E-state index contributed by atoms with van der Waals surface area (Å²) in [6.45, 7) is 5.54. The Morgan fingerprint density at radius 1 is 1.32 bits per heavy atom. The zero-order valence-corrected chi connectivity index (χ0v) is 12.1. The summed E-state index contributed by atoms with van der Waals surface area (Å²) in [4.78, 5) is 11.9. The van der Waals surface area contributed by atoms with Crippen molar-refractivity contribution in [3.63, 3.8) is 0 Å². The lowest BCUT2D eigenvalue weighted by atomic mass is 10.2. The first-order valence-electron chi connectivity index (χ1n) is 5.89. The van der Waals surface area contributed by atoms with E-state index in [4.69, 9.17) is 4.74 Å². The summed E-state index contributed by atoms with van der Waals surface area (Å²) in [7, 11) is -1.27. The van der Waals surface area contributed by atoms with Crippen LogP contribution in [0.2, 0.25) is 0 Å². The van der Waals surface area contributed by atoms with Gasteiger partial charge in [0.1, 0.15) is 11.4 Å². The third-order valence-electron chi connectivity index (χ3n) is 2.03.